The maximum atomic E-state index is 10.9. The molecule has 1 heterocycles. The number of aldehydes is 1. The van der Waals surface area contributed by atoms with Crippen LogP contribution in [0.1, 0.15) is 10.4 Å². The third kappa shape index (κ3) is 3.35. The largest absolute Gasteiger partial charge is 0.493 e. The average Bonchev–Trinajstić information content (AvgIpc) is 2.99. The second-order valence-electron chi connectivity index (χ2n) is 4.05. The molecule has 0 saturated heterocycles. The molecule has 110 valence electrons. The minimum Gasteiger partial charge on any atom is -0.493 e. The van der Waals surface area contributed by atoms with Crippen molar-refractivity contribution in [3.05, 3.63) is 46.3 Å². The Morgan fingerprint density at radius 3 is 2.81 bits per heavy atom. The molecule has 0 unspecified atom stereocenters. The van der Waals surface area contributed by atoms with Crippen LogP contribution in [-0.2, 0) is 6.54 Å². The van der Waals surface area contributed by atoms with E-state index in [0.717, 1.165) is 0 Å². The number of nitro groups is 1. The van der Waals surface area contributed by atoms with E-state index in [4.69, 9.17) is 9.47 Å². The Kier molecular flexibility index (Phi) is 4.50. The Morgan fingerprint density at radius 1 is 1.43 bits per heavy atom. The number of carbonyl (C=O) groups is 1. The molecule has 21 heavy (non-hydrogen) atoms. The number of nitrogens with zero attached hydrogens (tertiary/aromatic N) is 3. The van der Waals surface area contributed by atoms with E-state index in [1.807, 2.05) is 0 Å². The highest BCUT2D eigenvalue weighted by Gasteiger charge is 2.19. The predicted octanol–water partition coefficient (Wildman–Crippen LogP) is 1.69. The number of hydrogen-bond donors (Lipinski definition) is 0. The van der Waals surface area contributed by atoms with E-state index in [1.165, 1.54) is 19.2 Å². The van der Waals surface area contributed by atoms with Gasteiger partial charge in [0, 0.05) is 18.5 Å². The number of aromatic nitrogens is 2. The van der Waals surface area contributed by atoms with E-state index in [1.54, 1.807) is 23.1 Å². The quantitative estimate of drug-likeness (QED) is 0.437. The molecule has 0 aliphatic carbocycles. The molecule has 8 nitrogen and oxygen atoms in total. The summed E-state index contributed by atoms with van der Waals surface area (Å²) in [5.41, 5.74) is -0.379. The molecule has 0 N–H and O–H groups in total. The number of nitro benzene ring substituents is 1. The highest BCUT2D eigenvalue weighted by atomic mass is 16.6. The maximum Gasteiger partial charge on any atom is 0.283 e. The fourth-order valence-corrected chi connectivity index (χ4v) is 1.77. The molecule has 0 saturated carbocycles. The fraction of sp³-hybridized carbons (Fsp3) is 0.231. The van der Waals surface area contributed by atoms with Crippen LogP contribution >= 0.6 is 0 Å². The van der Waals surface area contributed by atoms with Crippen molar-refractivity contribution in [1.82, 2.24) is 9.78 Å². The van der Waals surface area contributed by atoms with Crippen molar-refractivity contribution in [1.29, 1.82) is 0 Å². The summed E-state index contributed by atoms with van der Waals surface area (Å²) in [6.07, 6.45) is 3.83. The molecule has 2 aromatic rings. The van der Waals surface area contributed by atoms with Crippen molar-refractivity contribution in [2.24, 2.45) is 0 Å². The van der Waals surface area contributed by atoms with E-state index >= 15 is 0 Å². The first-order chi connectivity index (χ1) is 10.2. The molecule has 0 fully saturated rings. The highest BCUT2D eigenvalue weighted by molar-refractivity contribution is 5.83. The molecule has 8 heteroatoms. The first-order valence-corrected chi connectivity index (χ1v) is 6.07. The van der Waals surface area contributed by atoms with Gasteiger partial charge in [-0.1, -0.05) is 0 Å². The van der Waals surface area contributed by atoms with Crippen molar-refractivity contribution in [2.75, 3.05) is 13.7 Å². The maximum absolute atomic E-state index is 10.9. The van der Waals surface area contributed by atoms with Gasteiger partial charge in [-0.2, -0.15) is 5.10 Å². The summed E-state index contributed by atoms with van der Waals surface area (Å²) < 4.78 is 12.2. The monoisotopic (exact) mass is 291 g/mol. The number of hydrogen-bond acceptors (Lipinski definition) is 6. The summed E-state index contributed by atoms with van der Waals surface area (Å²) in [6, 6.07) is 4.25. The highest BCUT2D eigenvalue weighted by Crippen LogP contribution is 2.33. The number of rotatable bonds is 7. The van der Waals surface area contributed by atoms with Gasteiger partial charge in [0.15, 0.2) is 17.8 Å². The van der Waals surface area contributed by atoms with Gasteiger partial charge in [-0.15, -0.1) is 0 Å². The third-order valence-electron chi connectivity index (χ3n) is 2.77. The molecule has 0 bridgehead atoms. The zero-order chi connectivity index (χ0) is 15.2. The van der Waals surface area contributed by atoms with E-state index in [9.17, 15) is 14.9 Å². The van der Waals surface area contributed by atoms with Crippen molar-refractivity contribution in [3.63, 3.8) is 0 Å². The van der Waals surface area contributed by atoms with Crippen LogP contribution in [0.4, 0.5) is 5.69 Å². The Morgan fingerprint density at radius 2 is 2.24 bits per heavy atom. The van der Waals surface area contributed by atoms with Crippen LogP contribution in [0.3, 0.4) is 0 Å². The van der Waals surface area contributed by atoms with Gasteiger partial charge in [-0.05, 0) is 6.07 Å². The molecule has 0 radical (unpaired) electrons. The van der Waals surface area contributed by atoms with Gasteiger partial charge in [0.1, 0.15) is 6.61 Å². The Hall–Kier alpha value is -2.90. The van der Waals surface area contributed by atoms with Crippen LogP contribution < -0.4 is 9.47 Å². The first kappa shape index (κ1) is 14.5. The minimum absolute atomic E-state index is 0.0590. The molecule has 0 aliphatic heterocycles. The van der Waals surface area contributed by atoms with Gasteiger partial charge < -0.3 is 9.47 Å². The summed E-state index contributed by atoms with van der Waals surface area (Å²) in [6.45, 7) is 0.745. The molecule has 1 aromatic heterocycles. The normalized spacial score (nSPS) is 10.1. The van der Waals surface area contributed by atoms with Crippen LogP contribution in [0.25, 0.3) is 0 Å². The standard InChI is InChI=1S/C13H13N3O5/c1-20-12-7-10(9-17)11(16(18)19)8-13(12)21-6-5-15-4-2-3-14-15/h2-4,7-9H,5-6H2,1H3. The van der Waals surface area contributed by atoms with Crippen LogP contribution in [0.2, 0.25) is 0 Å². The lowest BCUT2D eigenvalue weighted by Gasteiger charge is -2.11. The predicted molar refractivity (Wildman–Crippen MR) is 72.8 cm³/mol. The molecule has 0 aliphatic rings. The van der Waals surface area contributed by atoms with Crippen LogP contribution in [-0.4, -0.2) is 34.7 Å². The summed E-state index contributed by atoms with van der Waals surface area (Å²) >= 11 is 0. The second kappa shape index (κ2) is 6.51. The van der Waals surface area contributed by atoms with Gasteiger partial charge in [0.05, 0.1) is 30.2 Å². The third-order valence-corrected chi connectivity index (χ3v) is 2.77. The smallest absolute Gasteiger partial charge is 0.283 e. The number of carbonyl (C=O) groups excluding carboxylic acids is 1. The minimum atomic E-state index is -0.635. The molecular formula is C13H13N3O5. The summed E-state index contributed by atoms with van der Waals surface area (Å²) in [7, 11) is 1.40. The lowest BCUT2D eigenvalue weighted by atomic mass is 10.1. The van der Waals surface area contributed by atoms with Crippen LogP contribution in [0, 0.1) is 10.1 Å². The van der Waals surface area contributed by atoms with Crippen LogP contribution in [0.15, 0.2) is 30.6 Å². The first-order valence-electron chi connectivity index (χ1n) is 6.07. The molecule has 2 rings (SSSR count). The molecule has 0 spiro atoms. The second-order valence-corrected chi connectivity index (χ2v) is 4.05. The summed E-state index contributed by atoms with van der Waals surface area (Å²) in [4.78, 5) is 21.2. The zero-order valence-corrected chi connectivity index (χ0v) is 11.3. The van der Waals surface area contributed by atoms with Gasteiger partial charge in [-0.25, -0.2) is 0 Å². The Balaban J connectivity index is 2.18. The van der Waals surface area contributed by atoms with Crippen molar-refractivity contribution < 1.29 is 19.2 Å². The van der Waals surface area contributed by atoms with Gasteiger partial charge in [0.25, 0.3) is 5.69 Å². The van der Waals surface area contributed by atoms with E-state index in [2.05, 4.69) is 5.10 Å². The molecule has 0 atom stereocenters. The van der Waals surface area contributed by atoms with Gasteiger partial charge >= 0.3 is 0 Å². The molecule has 0 amide bonds. The number of methoxy groups -OCH3 is 1. The van der Waals surface area contributed by atoms with Crippen molar-refractivity contribution in [3.8, 4) is 11.5 Å². The summed E-state index contributed by atoms with van der Waals surface area (Å²) in [5, 5.41) is 14.9. The van der Waals surface area contributed by atoms with Gasteiger partial charge in [-0.3, -0.25) is 19.6 Å². The van der Waals surface area contributed by atoms with E-state index in [0.29, 0.717) is 12.8 Å². The Labute approximate surface area is 120 Å². The number of benzene rings is 1. The van der Waals surface area contributed by atoms with Crippen molar-refractivity contribution >= 4 is 12.0 Å². The lowest BCUT2D eigenvalue weighted by Crippen LogP contribution is -2.09. The fourth-order valence-electron chi connectivity index (χ4n) is 1.77. The van der Waals surface area contributed by atoms with Crippen LogP contribution in [0.5, 0.6) is 11.5 Å². The summed E-state index contributed by atoms with van der Waals surface area (Å²) in [5.74, 6) is 0.477. The topological polar surface area (TPSA) is 96.5 Å². The van der Waals surface area contributed by atoms with Crippen molar-refractivity contribution in [2.45, 2.75) is 6.54 Å². The number of ether oxygens (including phenoxy) is 2. The zero-order valence-electron chi connectivity index (χ0n) is 11.3. The molecular weight excluding hydrogens is 278 g/mol. The SMILES string of the molecule is COc1cc(C=O)c([N+](=O)[O-])cc1OCCn1cccn1. The lowest BCUT2D eigenvalue weighted by molar-refractivity contribution is -0.385. The van der Waals surface area contributed by atoms with Gasteiger partial charge in [0.2, 0.25) is 0 Å². The Bertz CT molecular complexity index is 640. The van der Waals surface area contributed by atoms with E-state index < -0.39 is 4.92 Å². The van der Waals surface area contributed by atoms with E-state index in [-0.39, 0.29) is 29.4 Å². The molecule has 1 aromatic carbocycles. The average molecular weight is 291 g/mol.